The molecule has 0 bridgehead atoms. The van der Waals surface area contributed by atoms with E-state index in [1.807, 2.05) is 18.2 Å². The molecule has 0 aromatic heterocycles. The summed E-state index contributed by atoms with van der Waals surface area (Å²) >= 11 is 0. The Morgan fingerprint density at radius 3 is 2.78 bits per heavy atom. The van der Waals surface area contributed by atoms with Crippen molar-refractivity contribution in [2.45, 2.75) is 13.0 Å². The maximum absolute atomic E-state index is 12.4. The van der Waals surface area contributed by atoms with Gasteiger partial charge in [0.15, 0.2) is 0 Å². The van der Waals surface area contributed by atoms with E-state index in [0.29, 0.717) is 19.5 Å². The quantitative estimate of drug-likeness (QED) is 0.762. The van der Waals surface area contributed by atoms with Crippen molar-refractivity contribution in [1.29, 1.82) is 0 Å². The summed E-state index contributed by atoms with van der Waals surface area (Å²) in [6, 6.07) is 5.68. The van der Waals surface area contributed by atoms with E-state index in [9.17, 15) is 13.2 Å². The van der Waals surface area contributed by atoms with Crippen molar-refractivity contribution in [2.75, 3.05) is 39.7 Å². The molecule has 0 aliphatic carbocycles. The first-order chi connectivity index (χ1) is 11.0. The van der Waals surface area contributed by atoms with E-state index in [0.717, 1.165) is 16.9 Å². The van der Waals surface area contributed by atoms with Crippen LogP contribution < -0.4 is 10.1 Å². The molecular formula is C15H22N2O5S. The van der Waals surface area contributed by atoms with Crippen molar-refractivity contribution < 1.29 is 22.7 Å². The van der Waals surface area contributed by atoms with Crippen LogP contribution >= 0.6 is 0 Å². The zero-order chi connectivity index (χ0) is 16.9. The molecule has 7 nitrogen and oxygen atoms in total. The Kier molecular flexibility index (Phi) is 5.97. The number of carbonyl (C=O) groups excluding carboxylic acids is 1. The molecule has 0 spiro atoms. The summed E-state index contributed by atoms with van der Waals surface area (Å²) in [5.41, 5.74) is 2.10. The fourth-order valence-corrected chi connectivity index (χ4v) is 3.82. The summed E-state index contributed by atoms with van der Waals surface area (Å²) in [5, 5.41) is 2.53. The molecule has 1 aliphatic rings. The number of nitrogens with zero attached hydrogens (tertiary/aromatic N) is 1. The number of methoxy groups -OCH3 is 2. The second-order valence-corrected chi connectivity index (χ2v) is 7.41. The number of sulfonamides is 1. The van der Waals surface area contributed by atoms with Crippen LogP contribution in [-0.2, 0) is 32.5 Å². The maximum atomic E-state index is 12.4. The standard InChI is InChI=1S/C15H22N2O5S/c1-21-11-15(18)16-6-8-23(19,20)17-7-5-12-9-14(22-2)4-3-13(12)10-17/h3-4,9H,5-8,10-11H2,1-2H3,(H,16,18). The summed E-state index contributed by atoms with van der Waals surface area (Å²) in [6.07, 6.45) is 0.655. The highest BCUT2D eigenvalue weighted by Gasteiger charge is 2.26. The summed E-state index contributed by atoms with van der Waals surface area (Å²) in [6.45, 7) is 0.803. The zero-order valence-corrected chi connectivity index (χ0v) is 14.2. The summed E-state index contributed by atoms with van der Waals surface area (Å²) in [7, 11) is -0.382. The highest BCUT2D eigenvalue weighted by Crippen LogP contribution is 2.25. The largest absolute Gasteiger partial charge is 0.497 e. The van der Waals surface area contributed by atoms with Crippen LogP contribution in [0, 0.1) is 0 Å². The Bertz CT molecular complexity index is 660. The van der Waals surface area contributed by atoms with Crippen LogP contribution in [0.5, 0.6) is 5.75 Å². The van der Waals surface area contributed by atoms with E-state index in [4.69, 9.17) is 4.74 Å². The van der Waals surface area contributed by atoms with Crippen LogP contribution in [0.3, 0.4) is 0 Å². The minimum Gasteiger partial charge on any atom is -0.497 e. The van der Waals surface area contributed by atoms with Gasteiger partial charge < -0.3 is 14.8 Å². The first-order valence-electron chi connectivity index (χ1n) is 7.35. The highest BCUT2D eigenvalue weighted by molar-refractivity contribution is 7.89. The van der Waals surface area contributed by atoms with E-state index in [2.05, 4.69) is 10.1 Å². The number of amides is 1. The van der Waals surface area contributed by atoms with Crippen molar-refractivity contribution in [2.24, 2.45) is 0 Å². The Morgan fingerprint density at radius 2 is 2.09 bits per heavy atom. The molecule has 0 saturated carbocycles. The number of carbonyl (C=O) groups is 1. The van der Waals surface area contributed by atoms with Crippen molar-refractivity contribution in [3.63, 3.8) is 0 Å². The molecule has 23 heavy (non-hydrogen) atoms. The molecule has 2 rings (SSSR count). The average molecular weight is 342 g/mol. The molecule has 0 radical (unpaired) electrons. The monoisotopic (exact) mass is 342 g/mol. The number of ether oxygens (including phenoxy) is 2. The molecule has 1 aromatic rings. The van der Waals surface area contributed by atoms with Crippen LogP contribution in [0.1, 0.15) is 11.1 Å². The van der Waals surface area contributed by atoms with Gasteiger partial charge in [-0.3, -0.25) is 4.79 Å². The molecule has 0 unspecified atom stereocenters. The van der Waals surface area contributed by atoms with Crippen LogP contribution in [0.4, 0.5) is 0 Å². The molecule has 1 heterocycles. The molecule has 128 valence electrons. The van der Waals surface area contributed by atoms with Gasteiger partial charge in [-0.2, -0.15) is 4.31 Å². The Balaban J connectivity index is 1.95. The normalized spacial score (nSPS) is 15.0. The summed E-state index contributed by atoms with van der Waals surface area (Å²) in [4.78, 5) is 11.3. The Hall–Kier alpha value is -1.64. The number of benzene rings is 1. The lowest BCUT2D eigenvalue weighted by Gasteiger charge is -2.28. The number of rotatable bonds is 7. The van der Waals surface area contributed by atoms with Gasteiger partial charge in [-0.05, 0) is 29.7 Å². The third kappa shape index (κ3) is 4.66. The lowest BCUT2D eigenvalue weighted by molar-refractivity contribution is -0.124. The minimum atomic E-state index is -3.41. The van der Waals surface area contributed by atoms with Gasteiger partial charge in [-0.15, -0.1) is 0 Å². The van der Waals surface area contributed by atoms with Gasteiger partial charge in [0.25, 0.3) is 0 Å². The van der Waals surface area contributed by atoms with Crippen molar-refractivity contribution >= 4 is 15.9 Å². The van der Waals surface area contributed by atoms with Gasteiger partial charge in [0.1, 0.15) is 12.4 Å². The van der Waals surface area contributed by atoms with Gasteiger partial charge in [0.2, 0.25) is 15.9 Å². The molecule has 0 saturated heterocycles. The molecule has 1 aliphatic heterocycles. The third-order valence-electron chi connectivity index (χ3n) is 3.74. The van der Waals surface area contributed by atoms with Gasteiger partial charge in [0.05, 0.1) is 12.9 Å². The molecule has 1 N–H and O–H groups in total. The average Bonchev–Trinajstić information content (AvgIpc) is 2.53. The first kappa shape index (κ1) is 17.7. The molecule has 1 aromatic carbocycles. The fourth-order valence-electron chi connectivity index (χ4n) is 2.50. The zero-order valence-electron chi connectivity index (χ0n) is 13.4. The van der Waals surface area contributed by atoms with Gasteiger partial charge in [0, 0.05) is 26.7 Å². The second-order valence-electron chi connectivity index (χ2n) is 5.32. The molecule has 1 amide bonds. The number of hydrogen-bond acceptors (Lipinski definition) is 5. The first-order valence-corrected chi connectivity index (χ1v) is 8.96. The highest BCUT2D eigenvalue weighted by atomic mass is 32.2. The van der Waals surface area contributed by atoms with E-state index in [1.54, 1.807) is 7.11 Å². The minimum absolute atomic E-state index is 0.0705. The van der Waals surface area contributed by atoms with E-state index in [-0.39, 0.29) is 24.8 Å². The number of hydrogen-bond donors (Lipinski definition) is 1. The van der Waals surface area contributed by atoms with Crippen LogP contribution in [0.25, 0.3) is 0 Å². The second kappa shape index (κ2) is 7.76. The van der Waals surface area contributed by atoms with Crippen molar-refractivity contribution in [1.82, 2.24) is 9.62 Å². The summed E-state index contributed by atoms with van der Waals surface area (Å²) in [5.74, 6) is 0.341. The Labute approximate surface area is 136 Å². The third-order valence-corrected chi connectivity index (χ3v) is 5.56. The van der Waals surface area contributed by atoms with Crippen LogP contribution in [0.15, 0.2) is 18.2 Å². The van der Waals surface area contributed by atoms with Gasteiger partial charge in [-0.1, -0.05) is 6.07 Å². The van der Waals surface area contributed by atoms with E-state index in [1.165, 1.54) is 11.4 Å². The van der Waals surface area contributed by atoms with Gasteiger partial charge >= 0.3 is 0 Å². The lowest BCUT2D eigenvalue weighted by atomic mass is 10.0. The van der Waals surface area contributed by atoms with Gasteiger partial charge in [-0.25, -0.2) is 8.42 Å². The Morgan fingerprint density at radius 1 is 1.30 bits per heavy atom. The molecule has 0 fully saturated rings. The van der Waals surface area contributed by atoms with Crippen LogP contribution in [-0.4, -0.2) is 58.3 Å². The van der Waals surface area contributed by atoms with Crippen LogP contribution in [0.2, 0.25) is 0 Å². The molecule has 8 heteroatoms. The molecular weight excluding hydrogens is 320 g/mol. The van der Waals surface area contributed by atoms with Crippen molar-refractivity contribution in [3.05, 3.63) is 29.3 Å². The number of nitrogens with one attached hydrogen (secondary N) is 1. The van der Waals surface area contributed by atoms with E-state index < -0.39 is 10.0 Å². The topological polar surface area (TPSA) is 84.9 Å². The predicted octanol–water partition coefficient (Wildman–Crippen LogP) is 0.146. The fraction of sp³-hybridized carbons (Fsp3) is 0.533. The van der Waals surface area contributed by atoms with Crippen molar-refractivity contribution in [3.8, 4) is 5.75 Å². The van der Waals surface area contributed by atoms with E-state index >= 15 is 0 Å². The SMILES string of the molecule is COCC(=O)NCCS(=O)(=O)N1CCc2cc(OC)ccc2C1. The summed E-state index contributed by atoms with van der Waals surface area (Å²) < 4.78 is 36.1. The molecule has 0 atom stereocenters. The number of fused-ring (bicyclic) bond motifs is 1. The maximum Gasteiger partial charge on any atom is 0.246 e. The lowest BCUT2D eigenvalue weighted by Crippen LogP contribution is -2.40. The smallest absolute Gasteiger partial charge is 0.246 e. The predicted molar refractivity (Wildman–Crippen MR) is 85.8 cm³/mol.